The molecule has 1 amide bonds. The number of carbonyl (C=O) groups excluding carboxylic acids is 1. The third-order valence-corrected chi connectivity index (χ3v) is 8.87. The standard InChI is InChI=1S/C28H32FN7O3S/c1-28(2,3)40(38,39)35-21-5-4-6-22(15-21)36-14-11-18-17-31-27(34-25(18)36)33-20-7-8-23(24(29)16-20)26(37)32-19-9-12-30-13-10-19/h4-8,11,14-17,19,30,35H,9-10,12-13H2,1-3H3,(H,32,37)(H,31,33,34). The highest BCUT2D eigenvalue weighted by atomic mass is 32.2. The van der Waals surface area contributed by atoms with E-state index in [1.54, 1.807) is 51.2 Å². The molecule has 40 heavy (non-hydrogen) atoms. The number of fused-ring (bicyclic) bond motifs is 1. The summed E-state index contributed by atoms with van der Waals surface area (Å²) < 4.78 is 43.6. The SMILES string of the molecule is CC(C)(C)S(=O)(=O)Nc1cccc(-n2ccc3cnc(Nc4ccc(C(=O)NC5CCNCC5)c(F)c4)nc32)c1. The molecule has 3 heterocycles. The van der Waals surface area contributed by atoms with Crippen LogP contribution in [0.15, 0.2) is 60.9 Å². The topological polar surface area (TPSA) is 130 Å². The minimum atomic E-state index is -3.59. The van der Waals surface area contributed by atoms with Crippen LogP contribution in [-0.2, 0) is 10.0 Å². The van der Waals surface area contributed by atoms with Crippen molar-refractivity contribution in [1.82, 2.24) is 25.2 Å². The van der Waals surface area contributed by atoms with E-state index in [0.29, 0.717) is 22.7 Å². The zero-order valence-electron chi connectivity index (χ0n) is 22.5. The Bertz CT molecular complexity index is 1660. The highest BCUT2D eigenvalue weighted by Gasteiger charge is 2.29. The lowest BCUT2D eigenvalue weighted by Gasteiger charge is -2.23. The quantitative estimate of drug-likeness (QED) is 0.263. The molecule has 0 unspecified atom stereocenters. The maximum Gasteiger partial charge on any atom is 0.254 e. The fraction of sp³-hybridized carbons (Fsp3) is 0.321. The Morgan fingerprint density at radius 3 is 2.58 bits per heavy atom. The van der Waals surface area contributed by atoms with Crippen molar-refractivity contribution in [3.8, 4) is 5.69 Å². The molecule has 1 fully saturated rings. The Balaban J connectivity index is 1.35. The number of aromatic nitrogens is 3. The van der Waals surface area contributed by atoms with Crippen LogP contribution in [0, 0.1) is 5.82 Å². The first-order chi connectivity index (χ1) is 19.0. The van der Waals surface area contributed by atoms with Crippen LogP contribution >= 0.6 is 0 Å². The van der Waals surface area contributed by atoms with Gasteiger partial charge in [-0.15, -0.1) is 0 Å². The lowest BCUT2D eigenvalue weighted by atomic mass is 10.1. The number of hydrogen-bond donors (Lipinski definition) is 4. The number of benzene rings is 2. The summed E-state index contributed by atoms with van der Waals surface area (Å²) in [7, 11) is -3.59. The second-order valence-corrected chi connectivity index (χ2v) is 13.2. The number of piperidine rings is 1. The fourth-order valence-electron chi connectivity index (χ4n) is 4.35. The second kappa shape index (κ2) is 10.9. The fourth-order valence-corrected chi connectivity index (χ4v) is 5.09. The van der Waals surface area contributed by atoms with Gasteiger partial charge >= 0.3 is 0 Å². The van der Waals surface area contributed by atoms with Gasteiger partial charge in [-0.2, -0.15) is 4.98 Å². The van der Waals surface area contributed by atoms with Gasteiger partial charge in [0.25, 0.3) is 5.91 Å². The molecule has 1 aliphatic rings. The van der Waals surface area contributed by atoms with Crippen molar-refractivity contribution < 1.29 is 17.6 Å². The van der Waals surface area contributed by atoms with Crippen molar-refractivity contribution in [3.63, 3.8) is 0 Å². The van der Waals surface area contributed by atoms with Gasteiger partial charge in [0, 0.05) is 35.2 Å². The largest absolute Gasteiger partial charge is 0.349 e. The van der Waals surface area contributed by atoms with E-state index in [1.165, 1.54) is 12.1 Å². The van der Waals surface area contributed by atoms with Crippen LogP contribution in [0.4, 0.5) is 21.7 Å². The first-order valence-corrected chi connectivity index (χ1v) is 14.5. The van der Waals surface area contributed by atoms with Gasteiger partial charge in [-0.1, -0.05) is 6.07 Å². The maximum atomic E-state index is 14.9. The average molecular weight is 566 g/mol. The molecule has 2 aromatic heterocycles. The van der Waals surface area contributed by atoms with Crippen molar-refractivity contribution in [2.24, 2.45) is 0 Å². The summed E-state index contributed by atoms with van der Waals surface area (Å²) in [5.74, 6) is -0.836. The average Bonchev–Trinajstić information content (AvgIpc) is 3.32. The van der Waals surface area contributed by atoms with Gasteiger partial charge < -0.3 is 20.5 Å². The third kappa shape index (κ3) is 5.92. The smallest absolute Gasteiger partial charge is 0.254 e. The lowest BCUT2D eigenvalue weighted by molar-refractivity contribution is 0.0925. The van der Waals surface area contributed by atoms with E-state index >= 15 is 0 Å². The van der Waals surface area contributed by atoms with Crippen LogP contribution in [-0.4, -0.2) is 52.7 Å². The van der Waals surface area contributed by atoms with Gasteiger partial charge in [0.1, 0.15) is 11.5 Å². The van der Waals surface area contributed by atoms with Gasteiger partial charge in [-0.3, -0.25) is 9.52 Å². The van der Waals surface area contributed by atoms with E-state index in [9.17, 15) is 17.6 Å². The van der Waals surface area contributed by atoms with Crippen LogP contribution in [0.2, 0.25) is 0 Å². The van der Waals surface area contributed by atoms with Gasteiger partial charge in [0.2, 0.25) is 16.0 Å². The summed E-state index contributed by atoms with van der Waals surface area (Å²) in [5.41, 5.74) is 2.08. The van der Waals surface area contributed by atoms with Gasteiger partial charge in [0.05, 0.1) is 16.0 Å². The van der Waals surface area contributed by atoms with Crippen molar-refractivity contribution in [2.45, 2.75) is 44.4 Å². The number of halogens is 1. The molecule has 4 aromatic rings. The van der Waals surface area contributed by atoms with Crippen LogP contribution in [0.25, 0.3) is 16.7 Å². The summed E-state index contributed by atoms with van der Waals surface area (Å²) in [6, 6.07) is 13.2. The number of carbonyl (C=O) groups is 1. The van der Waals surface area contributed by atoms with Crippen LogP contribution in [0.3, 0.4) is 0 Å². The molecule has 0 bridgehead atoms. The predicted octanol–water partition coefficient (Wildman–Crippen LogP) is 4.33. The summed E-state index contributed by atoms with van der Waals surface area (Å²) in [6.45, 7) is 6.55. The molecular weight excluding hydrogens is 533 g/mol. The van der Waals surface area contributed by atoms with E-state index in [-0.39, 0.29) is 17.6 Å². The lowest BCUT2D eigenvalue weighted by Crippen LogP contribution is -2.42. The monoisotopic (exact) mass is 565 g/mol. The summed E-state index contributed by atoms with van der Waals surface area (Å²) in [6.07, 6.45) is 5.08. The molecule has 210 valence electrons. The van der Waals surface area contributed by atoms with E-state index < -0.39 is 26.5 Å². The van der Waals surface area contributed by atoms with Crippen molar-refractivity contribution in [3.05, 3.63) is 72.3 Å². The molecule has 1 saturated heterocycles. The maximum absolute atomic E-state index is 14.9. The molecule has 0 saturated carbocycles. The van der Waals surface area contributed by atoms with Crippen LogP contribution < -0.4 is 20.7 Å². The Morgan fingerprint density at radius 2 is 1.85 bits per heavy atom. The normalized spacial score (nSPS) is 14.7. The number of rotatable bonds is 7. The Kier molecular flexibility index (Phi) is 7.47. The molecule has 0 radical (unpaired) electrons. The van der Waals surface area contributed by atoms with Crippen molar-refractivity contribution in [1.29, 1.82) is 0 Å². The number of sulfonamides is 1. The van der Waals surface area contributed by atoms with Crippen LogP contribution in [0.1, 0.15) is 44.0 Å². The van der Waals surface area contributed by atoms with E-state index in [0.717, 1.165) is 31.3 Å². The number of nitrogens with zero attached hydrogens (tertiary/aromatic N) is 3. The number of nitrogens with one attached hydrogen (secondary N) is 4. The molecule has 1 aliphatic heterocycles. The molecule has 0 atom stereocenters. The van der Waals surface area contributed by atoms with E-state index in [1.807, 2.05) is 22.9 Å². The molecule has 0 spiro atoms. The number of hydrogen-bond acceptors (Lipinski definition) is 7. The molecule has 2 aromatic carbocycles. The highest BCUT2D eigenvalue weighted by Crippen LogP contribution is 2.25. The molecule has 10 nitrogen and oxygen atoms in total. The van der Waals surface area contributed by atoms with Crippen LogP contribution in [0.5, 0.6) is 0 Å². The summed E-state index contributed by atoms with van der Waals surface area (Å²) in [5, 5.41) is 9.91. The second-order valence-electron chi connectivity index (χ2n) is 10.7. The Morgan fingerprint density at radius 1 is 1.07 bits per heavy atom. The highest BCUT2D eigenvalue weighted by molar-refractivity contribution is 7.94. The summed E-state index contributed by atoms with van der Waals surface area (Å²) in [4.78, 5) is 21.5. The Labute approximate surface area is 232 Å². The van der Waals surface area contributed by atoms with Crippen molar-refractivity contribution in [2.75, 3.05) is 23.1 Å². The number of anilines is 3. The predicted molar refractivity (Wildman–Crippen MR) is 154 cm³/mol. The van der Waals surface area contributed by atoms with Gasteiger partial charge in [-0.05, 0) is 89.2 Å². The first kappa shape index (κ1) is 27.5. The zero-order valence-corrected chi connectivity index (χ0v) is 23.3. The molecular formula is C28H32FN7O3S. The van der Waals surface area contributed by atoms with E-state index in [4.69, 9.17) is 0 Å². The zero-order chi connectivity index (χ0) is 28.5. The van der Waals surface area contributed by atoms with Gasteiger partial charge in [0.15, 0.2) is 0 Å². The van der Waals surface area contributed by atoms with Gasteiger partial charge in [-0.25, -0.2) is 17.8 Å². The summed E-state index contributed by atoms with van der Waals surface area (Å²) >= 11 is 0. The Hall–Kier alpha value is -4.03. The molecule has 12 heteroatoms. The minimum Gasteiger partial charge on any atom is -0.349 e. The number of amides is 1. The third-order valence-electron chi connectivity index (χ3n) is 6.75. The van der Waals surface area contributed by atoms with Crippen molar-refractivity contribution >= 4 is 44.3 Å². The molecule has 0 aliphatic carbocycles. The molecule has 4 N–H and O–H groups in total. The van der Waals surface area contributed by atoms with E-state index in [2.05, 4.69) is 30.6 Å². The first-order valence-electron chi connectivity index (χ1n) is 13.1. The minimum absolute atomic E-state index is 0.0173. The molecule has 5 rings (SSSR count).